The van der Waals surface area contributed by atoms with Gasteiger partial charge in [0.25, 0.3) is 0 Å². The molecule has 0 aliphatic rings. The molecule has 0 atom stereocenters. The van der Waals surface area contributed by atoms with Gasteiger partial charge in [0.05, 0.1) is 12.3 Å². The van der Waals surface area contributed by atoms with E-state index in [9.17, 15) is 9.59 Å². The maximum Gasteiger partial charge on any atom is 0.243 e. The number of carbonyl (C=O) groups is 2. The Morgan fingerprint density at radius 2 is 1.85 bits per heavy atom. The average Bonchev–Trinajstić information content (AvgIpc) is 3.07. The van der Waals surface area contributed by atoms with Crippen LogP contribution in [0.3, 0.4) is 0 Å². The third-order valence-corrected chi connectivity index (χ3v) is 6.51. The maximum absolute atomic E-state index is 12.2. The number of likely N-dealkylation sites (N-methyl/N-ethyl adjacent to an activating group) is 1. The Morgan fingerprint density at radius 3 is 2.54 bits per heavy atom. The zero-order chi connectivity index (χ0) is 18.9. The minimum absolute atomic E-state index is 0.0184. The highest BCUT2D eigenvalue weighted by molar-refractivity contribution is 8.03. The van der Waals surface area contributed by atoms with Crippen molar-refractivity contribution in [3.05, 3.63) is 29.8 Å². The van der Waals surface area contributed by atoms with Gasteiger partial charge in [0, 0.05) is 12.7 Å². The molecule has 0 aliphatic carbocycles. The molecule has 140 valence electrons. The number of carbonyl (C=O) groups excluding carboxylic acids is 2. The monoisotopic (exact) mass is 410 g/mol. The lowest BCUT2D eigenvalue weighted by Gasteiger charge is -2.17. The predicted molar refractivity (Wildman–Crippen MR) is 109 cm³/mol. The summed E-state index contributed by atoms with van der Waals surface area (Å²) in [6.45, 7) is 4.11. The standard InChI is InChI=1S/C17H22N4O2S3/c1-4-12-8-6-7-9-13(12)18-14(22)10-21(3)15(23)11-25-17-20-19-16(26-17)24-5-2/h6-9H,4-5,10-11H2,1-3H3,(H,18,22). The van der Waals surface area contributed by atoms with E-state index < -0.39 is 0 Å². The second kappa shape index (κ2) is 10.5. The molecule has 6 nitrogen and oxygen atoms in total. The van der Waals surface area contributed by atoms with Crippen molar-refractivity contribution in [2.45, 2.75) is 28.9 Å². The van der Waals surface area contributed by atoms with Crippen molar-refractivity contribution in [2.75, 3.05) is 30.4 Å². The van der Waals surface area contributed by atoms with Crippen LogP contribution in [0.5, 0.6) is 0 Å². The van der Waals surface area contributed by atoms with E-state index >= 15 is 0 Å². The first-order valence-electron chi connectivity index (χ1n) is 8.24. The number of anilines is 1. The van der Waals surface area contributed by atoms with Crippen molar-refractivity contribution in [3.8, 4) is 0 Å². The lowest BCUT2D eigenvalue weighted by molar-refractivity contribution is -0.131. The number of nitrogens with one attached hydrogen (secondary N) is 1. The quantitative estimate of drug-likeness (QED) is 0.639. The lowest BCUT2D eigenvalue weighted by Crippen LogP contribution is -2.36. The molecule has 9 heteroatoms. The molecule has 0 unspecified atom stereocenters. The van der Waals surface area contributed by atoms with Crippen LogP contribution in [0, 0.1) is 0 Å². The molecular weight excluding hydrogens is 388 g/mol. The molecule has 0 aliphatic heterocycles. The zero-order valence-electron chi connectivity index (χ0n) is 15.0. The van der Waals surface area contributed by atoms with E-state index in [1.807, 2.05) is 31.2 Å². The molecule has 0 fully saturated rings. The van der Waals surface area contributed by atoms with Crippen molar-refractivity contribution >= 4 is 52.4 Å². The van der Waals surface area contributed by atoms with Crippen molar-refractivity contribution in [1.82, 2.24) is 15.1 Å². The van der Waals surface area contributed by atoms with Gasteiger partial charge in [-0.3, -0.25) is 9.59 Å². The highest BCUT2D eigenvalue weighted by Crippen LogP contribution is 2.28. The fourth-order valence-corrected chi connectivity index (χ4v) is 4.97. The number of hydrogen-bond acceptors (Lipinski definition) is 7. The van der Waals surface area contributed by atoms with E-state index in [4.69, 9.17) is 0 Å². The van der Waals surface area contributed by atoms with Gasteiger partial charge in [0.2, 0.25) is 11.8 Å². The summed E-state index contributed by atoms with van der Waals surface area (Å²) in [4.78, 5) is 25.9. The SMILES string of the molecule is CCSc1nnc(SCC(=O)N(C)CC(=O)Nc2ccccc2CC)s1. The summed E-state index contributed by atoms with van der Waals surface area (Å²) in [5.74, 6) is 0.857. The van der Waals surface area contributed by atoms with E-state index in [0.29, 0.717) is 0 Å². The van der Waals surface area contributed by atoms with Gasteiger partial charge in [-0.05, 0) is 23.8 Å². The molecule has 2 aromatic rings. The summed E-state index contributed by atoms with van der Waals surface area (Å²) in [5.41, 5.74) is 1.87. The van der Waals surface area contributed by atoms with Gasteiger partial charge in [-0.25, -0.2) is 0 Å². The van der Waals surface area contributed by atoms with E-state index in [-0.39, 0.29) is 24.1 Å². The van der Waals surface area contributed by atoms with Crippen LogP contribution in [0.15, 0.2) is 32.9 Å². The third-order valence-electron chi connectivity index (χ3n) is 3.45. The molecule has 1 heterocycles. The first kappa shape index (κ1) is 20.7. The van der Waals surface area contributed by atoms with Crippen molar-refractivity contribution in [2.24, 2.45) is 0 Å². The first-order chi connectivity index (χ1) is 12.5. The average molecular weight is 411 g/mol. The van der Waals surface area contributed by atoms with Crippen LogP contribution in [-0.4, -0.2) is 52.0 Å². The van der Waals surface area contributed by atoms with Crippen LogP contribution >= 0.6 is 34.9 Å². The second-order valence-corrected chi connectivity index (χ2v) is 9.08. The van der Waals surface area contributed by atoms with Crippen LogP contribution in [0.25, 0.3) is 0 Å². The number of benzene rings is 1. The summed E-state index contributed by atoms with van der Waals surface area (Å²) < 4.78 is 1.67. The molecule has 0 saturated heterocycles. The number of aryl methyl sites for hydroxylation is 1. The van der Waals surface area contributed by atoms with Gasteiger partial charge in [-0.2, -0.15) is 0 Å². The van der Waals surface area contributed by atoms with E-state index in [0.717, 1.165) is 32.1 Å². The molecule has 2 rings (SSSR count). The maximum atomic E-state index is 12.2. The lowest BCUT2D eigenvalue weighted by atomic mass is 10.1. The molecule has 1 aromatic carbocycles. The highest BCUT2D eigenvalue weighted by Gasteiger charge is 2.15. The van der Waals surface area contributed by atoms with Gasteiger partial charge in [0.15, 0.2) is 8.68 Å². The van der Waals surface area contributed by atoms with Crippen LogP contribution in [-0.2, 0) is 16.0 Å². The molecule has 0 spiro atoms. The van der Waals surface area contributed by atoms with Crippen molar-refractivity contribution in [3.63, 3.8) is 0 Å². The Kier molecular flexibility index (Phi) is 8.40. The molecule has 0 radical (unpaired) electrons. The molecule has 2 amide bonds. The van der Waals surface area contributed by atoms with E-state index in [2.05, 4.69) is 22.4 Å². The highest BCUT2D eigenvalue weighted by atomic mass is 32.2. The number of aromatic nitrogens is 2. The smallest absolute Gasteiger partial charge is 0.243 e. The number of nitrogens with zero attached hydrogens (tertiary/aromatic N) is 3. The largest absolute Gasteiger partial charge is 0.336 e. The zero-order valence-corrected chi connectivity index (χ0v) is 17.5. The Morgan fingerprint density at radius 1 is 1.15 bits per heavy atom. The first-order valence-corrected chi connectivity index (χ1v) is 11.0. The number of hydrogen-bond donors (Lipinski definition) is 1. The van der Waals surface area contributed by atoms with Gasteiger partial charge >= 0.3 is 0 Å². The van der Waals surface area contributed by atoms with E-state index in [1.54, 1.807) is 18.8 Å². The number of amides is 2. The molecule has 0 bridgehead atoms. The second-order valence-electron chi connectivity index (χ2n) is 5.36. The number of para-hydroxylation sites is 1. The summed E-state index contributed by atoms with van der Waals surface area (Å²) in [6.07, 6.45) is 0.835. The Hall–Kier alpha value is -1.58. The van der Waals surface area contributed by atoms with Crippen LogP contribution < -0.4 is 5.32 Å². The molecule has 0 saturated carbocycles. The fraction of sp³-hybridized carbons (Fsp3) is 0.412. The van der Waals surface area contributed by atoms with Crippen molar-refractivity contribution in [1.29, 1.82) is 0 Å². The van der Waals surface area contributed by atoms with Gasteiger partial charge in [-0.15, -0.1) is 10.2 Å². The van der Waals surface area contributed by atoms with Gasteiger partial charge < -0.3 is 10.2 Å². The van der Waals surface area contributed by atoms with Gasteiger partial charge in [0.1, 0.15) is 0 Å². The van der Waals surface area contributed by atoms with Crippen LogP contribution in [0.2, 0.25) is 0 Å². The van der Waals surface area contributed by atoms with E-state index in [1.165, 1.54) is 28.0 Å². The topological polar surface area (TPSA) is 75.2 Å². The summed E-state index contributed by atoms with van der Waals surface area (Å²) in [5, 5.41) is 11.0. The Balaban J connectivity index is 1.81. The molecule has 1 aromatic heterocycles. The summed E-state index contributed by atoms with van der Waals surface area (Å²) in [7, 11) is 1.63. The van der Waals surface area contributed by atoms with Crippen molar-refractivity contribution < 1.29 is 9.59 Å². The third kappa shape index (κ3) is 6.30. The Bertz CT molecular complexity index is 751. The normalized spacial score (nSPS) is 10.6. The summed E-state index contributed by atoms with van der Waals surface area (Å²) in [6, 6.07) is 7.68. The molecule has 1 N–H and O–H groups in total. The predicted octanol–water partition coefficient (Wildman–Crippen LogP) is 3.40. The summed E-state index contributed by atoms with van der Waals surface area (Å²) >= 11 is 4.47. The molecular formula is C17H22N4O2S3. The van der Waals surface area contributed by atoms with Gasteiger partial charge in [-0.1, -0.05) is 66.9 Å². The number of thioether (sulfide) groups is 2. The Labute approximate surface area is 166 Å². The van der Waals surface area contributed by atoms with Crippen LogP contribution in [0.1, 0.15) is 19.4 Å². The minimum atomic E-state index is -0.204. The number of rotatable bonds is 9. The fourth-order valence-electron chi connectivity index (χ4n) is 2.11. The molecule has 26 heavy (non-hydrogen) atoms. The van der Waals surface area contributed by atoms with Crippen LogP contribution in [0.4, 0.5) is 5.69 Å². The minimum Gasteiger partial charge on any atom is -0.336 e.